The summed E-state index contributed by atoms with van der Waals surface area (Å²) in [7, 11) is -3.99. The van der Waals surface area contributed by atoms with Crippen molar-refractivity contribution in [3.63, 3.8) is 0 Å². The van der Waals surface area contributed by atoms with Crippen molar-refractivity contribution in [1.29, 1.82) is 0 Å². The molecule has 0 unspecified atom stereocenters. The second kappa shape index (κ2) is 12.3. The predicted molar refractivity (Wildman–Crippen MR) is 171 cm³/mol. The van der Waals surface area contributed by atoms with Crippen molar-refractivity contribution in [3.05, 3.63) is 106 Å². The molecule has 0 saturated carbocycles. The Bertz CT molecular complexity index is 1940. The molecule has 46 heavy (non-hydrogen) atoms. The number of aliphatic imine (C=N–C) groups is 1. The maximum atomic E-state index is 14.4. The van der Waals surface area contributed by atoms with Gasteiger partial charge in [-0.05, 0) is 74.5 Å². The van der Waals surface area contributed by atoms with Crippen LogP contribution < -0.4 is 14.5 Å². The highest BCUT2D eigenvalue weighted by atomic mass is 32.2. The fourth-order valence-electron chi connectivity index (χ4n) is 5.45. The molecular formula is C31H29FN8O5S. The number of amides is 1. The fourth-order valence-corrected chi connectivity index (χ4v) is 6.39. The monoisotopic (exact) mass is 644 g/mol. The molecule has 6 rings (SSSR count). The number of benzene rings is 3. The van der Waals surface area contributed by atoms with Crippen LogP contribution in [0.2, 0.25) is 0 Å². The summed E-state index contributed by atoms with van der Waals surface area (Å²) in [6.45, 7) is 6.28. The maximum absolute atomic E-state index is 14.4. The molecule has 1 fully saturated rings. The van der Waals surface area contributed by atoms with Crippen LogP contribution >= 0.6 is 0 Å². The molecule has 1 amide bonds. The van der Waals surface area contributed by atoms with Gasteiger partial charge in [-0.1, -0.05) is 0 Å². The Morgan fingerprint density at radius 3 is 2.22 bits per heavy atom. The van der Waals surface area contributed by atoms with Gasteiger partial charge in [0.25, 0.3) is 21.6 Å². The number of carbonyl (C=O) groups excluding carboxylic acids is 1. The molecule has 0 radical (unpaired) electrons. The molecule has 3 heterocycles. The molecule has 1 N–H and O–H groups in total. The van der Waals surface area contributed by atoms with Crippen molar-refractivity contribution in [2.45, 2.75) is 18.7 Å². The number of nitrogens with zero attached hydrogens (tertiary/aromatic N) is 7. The fraction of sp³-hybridized carbons (Fsp3) is 0.226. The van der Waals surface area contributed by atoms with Gasteiger partial charge in [0.2, 0.25) is 5.95 Å². The average molecular weight is 645 g/mol. The molecular weight excluding hydrogens is 615 g/mol. The van der Waals surface area contributed by atoms with E-state index in [2.05, 4.69) is 29.5 Å². The van der Waals surface area contributed by atoms with Gasteiger partial charge in [-0.15, -0.1) is 0 Å². The number of nitrogens with one attached hydrogen (secondary N) is 1. The summed E-state index contributed by atoms with van der Waals surface area (Å²) in [6, 6.07) is 17.9. The largest absolute Gasteiger partial charge is 0.369 e. The third kappa shape index (κ3) is 6.41. The lowest BCUT2D eigenvalue weighted by molar-refractivity contribution is -0.384. The molecule has 0 spiro atoms. The van der Waals surface area contributed by atoms with E-state index in [4.69, 9.17) is 0 Å². The zero-order valence-electron chi connectivity index (χ0n) is 24.9. The zero-order valence-corrected chi connectivity index (χ0v) is 25.7. The van der Waals surface area contributed by atoms with Gasteiger partial charge in [0.05, 0.1) is 27.9 Å². The van der Waals surface area contributed by atoms with E-state index in [9.17, 15) is 27.7 Å². The summed E-state index contributed by atoms with van der Waals surface area (Å²) >= 11 is 0. The van der Waals surface area contributed by atoms with Crippen LogP contribution in [0.3, 0.4) is 0 Å². The number of aromatic nitrogens is 2. The van der Waals surface area contributed by atoms with Crippen LogP contribution in [0.1, 0.15) is 17.0 Å². The minimum absolute atomic E-state index is 0.0313. The first-order valence-corrected chi connectivity index (χ1v) is 15.8. The van der Waals surface area contributed by atoms with Crippen LogP contribution in [0.4, 0.5) is 33.1 Å². The molecule has 0 bridgehead atoms. The van der Waals surface area contributed by atoms with E-state index in [0.29, 0.717) is 54.5 Å². The Balaban J connectivity index is 1.17. The summed E-state index contributed by atoms with van der Waals surface area (Å²) in [5, 5.41) is 11.0. The normalized spacial score (nSPS) is 16.2. The molecule has 1 saturated heterocycles. The lowest BCUT2D eigenvalue weighted by Gasteiger charge is -2.37. The number of hydrogen-bond acceptors (Lipinski definition) is 10. The van der Waals surface area contributed by atoms with Crippen LogP contribution in [-0.4, -0.2) is 72.7 Å². The molecule has 0 aliphatic carbocycles. The number of anilines is 3. The van der Waals surface area contributed by atoms with E-state index in [0.717, 1.165) is 5.69 Å². The minimum atomic E-state index is -3.99. The quantitative estimate of drug-likeness (QED) is 0.220. The Morgan fingerprint density at radius 2 is 1.59 bits per heavy atom. The van der Waals surface area contributed by atoms with Gasteiger partial charge in [0.1, 0.15) is 11.5 Å². The maximum Gasteiger partial charge on any atom is 0.278 e. The van der Waals surface area contributed by atoms with Gasteiger partial charge in [-0.2, -0.15) is 0 Å². The van der Waals surface area contributed by atoms with Crippen molar-refractivity contribution in [3.8, 4) is 0 Å². The number of carbonyl (C=O) groups is 1. The molecule has 2 aliphatic rings. The van der Waals surface area contributed by atoms with Gasteiger partial charge in [0.15, 0.2) is 0 Å². The summed E-state index contributed by atoms with van der Waals surface area (Å²) < 4.78 is 42.6. The highest BCUT2D eigenvalue weighted by Crippen LogP contribution is 2.32. The van der Waals surface area contributed by atoms with Gasteiger partial charge < -0.3 is 4.90 Å². The number of hydrogen-bond donors (Lipinski definition) is 1. The first-order chi connectivity index (χ1) is 22.0. The van der Waals surface area contributed by atoms with E-state index in [-0.39, 0.29) is 28.9 Å². The Kier molecular flexibility index (Phi) is 8.19. The molecule has 4 aromatic rings. The van der Waals surface area contributed by atoms with E-state index in [1.165, 1.54) is 48.5 Å². The van der Waals surface area contributed by atoms with Gasteiger partial charge in [-0.25, -0.2) is 32.5 Å². The first-order valence-electron chi connectivity index (χ1n) is 14.3. The van der Waals surface area contributed by atoms with E-state index >= 15 is 0 Å². The topological polar surface area (TPSA) is 154 Å². The number of fused-ring (bicyclic) bond motifs is 1. The lowest BCUT2D eigenvalue weighted by atomic mass is 10.1. The van der Waals surface area contributed by atoms with Crippen LogP contribution in [-0.2, 0) is 14.8 Å². The Hall–Kier alpha value is -5.28. The van der Waals surface area contributed by atoms with Crippen LogP contribution in [0, 0.1) is 29.8 Å². The molecule has 0 atom stereocenters. The van der Waals surface area contributed by atoms with Gasteiger partial charge >= 0.3 is 0 Å². The van der Waals surface area contributed by atoms with E-state index in [1.807, 2.05) is 0 Å². The molecule has 3 aromatic carbocycles. The van der Waals surface area contributed by atoms with Gasteiger partial charge in [-0.3, -0.25) is 24.7 Å². The second-order valence-electron chi connectivity index (χ2n) is 10.9. The average Bonchev–Trinajstić information content (AvgIpc) is 3.26. The van der Waals surface area contributed by atoms with Crippen LogP contribution in [0.25, 0.3) is 0 Å². The zero-order chi connectivity index (χ0) is 32.6. The van der Waals surface area contributed by atoms with Crippen molar-refractivity contribution in [2.24, 2.45) is 4.99 Å². The third-order valence-corrected chi connectivity index (χ3v) is 9.03. The van der Waals surface area contributed by atoms with Crippen LogP contribution in [0.5, 0.6) is 0 Å². The number of nitro groups is 1. The standard InChI is InChI=1S/C31H29FN8O5S/c1-20-17-21(2)34-31(33-20)36-46(44,45)26-10-4-23(5-11-26)35-29-27-18-22(32)3-12-28(27)39(30(29)41)19-37-13-15-38(16-14-37)24-6-8-25(9-7-24)40(42)43/h3-12,17-18H,13-16,19H2,1-2H3,(H,33,34,36). The second-order valence-corrected chi connectivity index (χ2v) is 12.6. The SMILES string of the molecule is Cc1cc(C)nc(NS(=O)(=O)c2ccc(N=C3C(=O)N(CN4CCN(c5ccc([N+](=O)[O-])cc5)CC4)c4ccc(F)cc43)cc2)n1. The summed E-state index contributed by atoms with van der Waals surface area (Å²) in [5.41, 5.74) is 3.39. The molecule has 15 heteroatoms. The number of halogens is 1. The number of aryl methyl sites for hydroxylation is 2. The Morgan fingerprint density at radius 1 is 0.935 bits per heavy atom. The summed E-state index contributed by atoms with van der Waals surface area (Å²) in [5.74, 6) is -0.951. The van der Waals surface area contributed by atoms with Crippen molar-refractivity contribution in [1.82, 2.24) is 14.9 Å². The highest BCUT2D eigenvalue weighted by molar-refractivity contribution is 7.92. The number of piperazine rings is 1. The molecule has 1 aromatic heterocycles. The number of sulfonamides is 1. The van der Waals surface area contributed by atoms with Crippen LogP contribution in [0.15, 0.2) is 82.7 Å². The Labute approximate surface area is 264 Å². The van der Waals surface area contributed by atoms with E-state index < -0.39 is 26.7 Å². The molecule has 13 nitrogen and oxygen atoms in total. The molecule has 2 aliphatic heterocycles. The summed E-state index contributed by atoms with van der Waals surface area (Å²) in [6.07, 6.45) is 0. The molecule has 236 valence electrons. The van der Waals surface area contributed by atoms with Gasteiger partial charge in [0, 0.05) is 61.0 Å². The highest BCUT2D eigenvalue weighted by Gasteiger charge is 2.36. The van der Waals surface area contributed by atoms with E-state index in [1.54, 1.807) is 43.0 Å². The minimum Gasteiger partial charge on any atom is -0.369 e. The smallest absolute Gasteiger partial charge is 0.278 e. The predicted octanol–water partition coefficient (Wildman–Crippen LogP) is 4.19. The number of rotatable bonds is 8. The van der Waals surface area contributed by atoms with Crippen molar-refractivity contribution >= 4 is 50.3 Å². The number of non-ortho nitro benzene ring substituents is 1. The lowest BCUT2D eigenvalue weighted by Crippen LogP contribution is -2.51. The first kappa shape index (κ1) is 30.7. The van der Waals surface area contributed by atoms with Crippen molar-refractivity contribution < 1.29 is 22.5 Å². The van der Waals surface area contributed by atoms with Crippen molar-refractivity contribution in [2.75, 3.05) is 47.4 Å². The third-order valence-electron chi connectivity index (χ3n) is 7.69. The number of nitro benzene ring substituents is 1. The summed E-state index contributed by atoms with van der Waals surface area (Å²) in [4.78, 5) is 42.7.